The second-order valence-corrected chi connectivity index (χ2v) is 8.56. The molecular weight excluding hydrogens is 397 g/mol. The van der Waals surface area contributed by atoms with E-state index in [4.69, 9.17) is 4.74 Å². The van der Waals surface area contributed by atoms with Crippen LogP contribution < -0.4 is 5.32 Å². The molecule has 2 N–H and O–H groups in total. The zero-order valence-corrected chi connectivity index (χ0v) is 17.3. The van der Waals surface area contributed by atoms with E-state index in [1.54, 1.807) is 18.2 Å². The Morgan fingerprint density at radius 3 is 2.82 bits per heavy atom. The molecule has 0 bridgehead atoms. The fraction of sp³-hybridized carbons (Fsp3) is 0.300. The van der Waals surface area contributed by atoms with Gasteiger partial charge in [0.05, 0.1) is 19.3 Å². The summed E-state index contributed by atoms with van der Waals surface area (Å²) >= 11 is 2.85. The molecule has 1 heterocycles. The minimum atomic E-state index is -0.670. The van der Waals surface area contributed by atoms with Crippen LogP contribution >= 0.6 is 23.1 Å². The third-order valence-electron chi connectivity index (χ3n) is 4.18. The summed E-state index contributed by atoms with van der Waals surface area (Å²) in [6.45, 7) is 4.40. The summed E-state index contributed by atoms with van der Waals surface area (Å²) in [7, 11) is 0. The molecule has 0 fully saturated rings. The summed E-state index contributed by atoms with van der Waals surface area (Å²) in [6, 6.07) is 12.5. The number of nitrogens with one attached hydrogen (secondary N) is 1. The Balaban J connectivity index is 1.43. The molecule has 0 saturated carbocycles. The number of hydrogen-bond acceptors (Lipinski definition) is 7. The first-order chi connectivity index (χ1) is 13.5. The lowest BCUT2D eigenvalue weighted by Crippen LogP contribution is -2.18. The molecule has 0 aliphatic rings. The van der Waals surface area contributed by atoms with E-state index < -0.39 is 6.10 Å². The second-order valence-electron chi connectivity index (χ2n) is 6.32. The van der Waals surface area contributed by atoms with E-state index in [0.717, 1.165) is 10.0 Å². The van der Waals surface area contributed by atoms with Gasteiger partial charge < -0.3 is 15.2 Å². The topological polar surface area (TPSA) is 67.3 Å². The predicted molar refractivity (Wildman–Crippen MR) is 112 cm³/mol. The standard InChI is InChI=1S/C20H22FN3O2S2/c1-13-6-5-9-18(14(13)2)22-19-23-24-20(28-19)27-12-16(25)11-26-10-15-7-3-4-8-17(15)21/h3-9,16,25H,10-12H2,1-2H3,(H,22,23)/t16-/m0/s1. The molecule has 0 amide bonds. The average Bonchev–Trinajstić information content (AvgIpc) is 3.13. The van der Waals surface area contributed by atoms with Crippen LogP contribution in [0.1, 0.15) is 16.7 Å². The summed E-state index contributed by atoms with van der Waals surface area (Å²) in [5.74, 6) is 0.124. The van der Waals surface area contributed by atoms with Gasteiger partial charge in [-0.05, 0) is 37.1 Å². The zero-order chi connectivity index (χ0) is 19.9. The third-order valence-corrected chi connectivity index (χ3v) is 6.29. The van der Waals surface area contributed by atoms with Crippen molar-refractivity contribution in [2.75, 3.05) is 17.7 Å². The predicted octanol–water partition coefficient (Wildman–Crippen LogP) is 4.71. The maximum atomic E-state index is 13.5. The monoisotopic (exact) mass is 419 g/mol. The number of halogens is 1. The van der Waals surface area contributed by atoms with Gasteiger partial charge in [0.25, 0.3) is 0 Å². The lowest BCUT2D eigenvalue weighted by molar-refractivity contribution is 0.0387. The molecular formula is C20H22FN3O2S2. The fourth-order valence-corrected chi connectivity index (χ4v) is 4.15. The highest BCUT2D eigenvalue weighted by molar-refractivity contribution is 8.01. The first kappa shape index (κ1) is 20.7. The van der Waals surface area contributed by atoms with Gasteiger partial charge in [-0.1, -0.05) is 53.4 Å². The van der Waals surface area contributed by atoms with Crippen molar-refractivity contribution in [3.8, 4) is 0 Å². The van der Waals surface area contributed by atoms with Crippen LogP contribution in [0.2, 0.25) is 0 Å². The van der Waals surface area contributed by atoms with Gasteiger partial charge in [-0.2, -0.15) is 0 Å². The van der Waals surface area contributed by atoms with Crippen molar-refractivity contribution >= 4 is 33.9 Å². The molecule has 0 aliphatic carbocycles. The Labute approximate surface area is 172 Å². The van der Waals surface area contributed by atoms with E-state index in [1.807, 2.05) is 12.1 Å². The highest BCUT2D eigenvalue weighted by Gasteiger charge is 2.11. The molecule has 28 heavy (non-hydrogen) atoms. The Kier molecular flexibility index (Phi) is 7.38. The van der Waals surface area contributed by atoms with E-state index in [2.05, 4.69) is 35.4 Å². The maximum Gasteiger partial charge on any atom is 0.210 e. The van der Waals surface area contributed by atoms with Crippen LogP contribution in [0.5, 0.6) is 0 Å². The lowest BCUT2D eigenvalue weighted by atomic mass is 10.1. The number of nitrogens with zero attached hydrogens (tertiary/aromatic N) is 2. The fourth-order valence-electron chi connectivity index (χ4n) is 2.46. The summed E-state index contributed by atoms with van der Waals surface area (Å²) in [5, 5.41) is 22.4. The summed E-state index contributed by atoms with van der Waals surface area (Å²) in [5.41, 5.74) is 3.87. The second kappa shape index (κ2) is 9.97. The van der Waals surface area contributed by atoms with Gasteiger partial charge in [-0.25, -0.2) is 4.39 Å². The van der Waals surface area contributed by atoms with Crippen LogP contribution in [0.3, 0.4) is 0 Å². The Bertz CT molecular complexity index is 920. The third kappa shape index (κ3) is 5.75. The quantitative estimate of drug-likeness (QED) is 0.490. The molecule has 3 aromatic rings. The molecule has 0 saturated heterocycles. The van der Waals surface area contributed by atoms with Crippen LogP contribution in [0.4, 0.5) is 15.2 Å². The normalized spacial score (nSPS) is 12.1. The number of aryl methyl sites for hydroxylation is 1. The average molecular weight is 420 g/mol. The number of aliphatic hydroxyl groups is 1. The molecule has 2 aromatic carbocycles. The lowest BCUT2D eigenvalue weighted by Gasteiger charge is -2.10. The van der Waals surface area contributed by atoms with E-state index in [-0.39, 0.29) is 19.0 Å². The SMILES string of the molecule is Cc1cccc(Nc2nnc(SC[C@@H](O)COCc3ccccc3F)s2)c1C. The van der Waals surface area contributed by atoms with E-state index in [9.17, 15) is 9.50 Å². The summed E-state index contributed by atoms with van der Waals surface area (Å²) in [6.07, 6.45) is -0.670. The number of anilines is 2. The van der Waals surface area contributed by atoms with Gasteiger partial charge in [0.1, 0.15) is 5.82 Å². The van der Waals surface area contributed by atoms with E-state index >= 15 is 0 Å². The number of aromatic nitrogens is 2. The number of aliphatic hydroxyl groups excluding tert-OH is 1. The number of ether oxygens (including phenoxy) is 1. The van der Waals surface area contributed by atoms with Gasteiger partial charge >= 0.3 is 0 Å². The molecule has 1 atom stereocenters. The molecule has 0 aliphatic heterocycles. The Morgan fingerprint density at radius 2 is 2.00 bits per heavy atom. The minimum absolute atomic E-state index is 0.133. The van der Waals surface area contributed by atoms with Gasteiger partial charge in [-0.15, -0.1) is 10.2 Å². The van der Waals surface area contributed by atoms with Crippen LogP contribution in [0, 0.1) is 19.7 Å². The molecule has 0 spiro atoms. The number of rotatable bonds is 9. The van der Waals surface area contributed by atoms with E-state index in [0.29, 0.717) is 16.4 Å². The van der Waals surface area contributed by atoms with Gasteiger partial charge in [0.15, 0.2) is 4.34 Å². The van der Waals surface area contributed by atoms with Gasteiger partial charge in [0, 0.05) is 17.0 Å². The largest absolute Gasteiger partial charge is 0.390 e. The molecule has 5 nitrogen and oxygen atoms in total. The first-order valence-electron chi connectivity index (χ1n) is 8.81. The first-order valence-corrected chi connectivity index (χ1v) is 10.6. The van der Waals surface area contributed by atoms with Crippen LogP contribution in [0.25, 0.3) is 0 Å². The van der Waals surface area contributed by atoms with E-state index in [1.165, 1.54) is 40.3 Å². The molecule has 1 aromatic heterocycles. The van der Waals surface area contributed by atoms with Crippen molar-refractivity contribution < 1.29 is 14.2 Å². The van der Waals surface area contributed by atoms with Crippen LogP contribution in [0.15, 0.2) is 46.8 Å². The molecule has 148 valence electrons. The number of thioether (sulfide) groups is 1. The van der Waals surface area contributed by atoms with Crippen molar-refractivity contribution in [3.05, 3.63) is 65.0 Å². The van der Waals surface area contributed by atoms with Crippen molar-refractivity contribution in [1.82, 2.24) is 10.2 Å². The van der Waals surface area contributed by atoms with Crippen LogP contribution in [-0.2, 0) is 11.3 Å². The maximum absolute atomic E-state index is 13.5. The minimum Gasteiger partial charge on any atom is -0.390 e. The number of hydrogen-bond donors (Lipinski definition) is 2. The summed E-state index contributed by atoms with van der Waals surface area (Å²) in [4.78, 5) is 0. The molecule has 8 heteroatoms. The molecule has 0 radical (unpaired) electrons. The van der Waals surface area contributed by atoms with Crippen LogP contribution in [-0.4, -0.2) is 33.8 Å². The Morgan fingerprint density at radius 1 is 1.18 bits per heavy atom. The van der Waals surface area contributed by atoms with Crippen molar-refractivity contribution in [3.63, 3.8) is 0 Å². The Hall–Kier alpha value is -2.00. The zero-order valence-electron chi connectivity index (χ0n) is 15.7. The van der Waals surface area contributed by atoms with Gasteiger partial charge in [0.2, 0.25) is 5.13 Å². The van der Waals surface area contributed by atoms with Crippen molar-refractivity contribution in [2.24, 2.45) is 0 Å². The number of benzene rings is 2. The highest BCUT2D eigenvalue weighted by atomic mass is 32.2. The van der Waals surface area contributed by atoms with Crippen molar-refractivity contribution in [2.45, 2.75) is 30.9 Å². The summed E-state index contributed by atoms with van der Waals surface area (Å²) < 4.78 is 19.7. The molecule has 0 unspecified atom stereocenters. The highest BCUT2D eigenvalue weighted by Crippen LogP contribution is 2.29. The van der Waals surface area contributed by atoms with Crippen molar-refractivity contribution in [1.29, 1.82) is 0 Å². The van der Waals surface area contributed by atoms with Gasteiger partial charge in [-0.3, -0.25) is 0 Å². The molecule has 3 rings (SSSR count). The smallest absolute Gasteiger partial charge is 0.210 e.